The first-order chi connectivity index (χ1) is 7.22. The maximum absolute atomic E-state index is 10.8. The van der Waals surface area contributed by atoms with E-state index < -0.39 is 11.0 Å². The summed E-state index contributed by atoms with van der Waals surface area (Å²) >= 11 is 0. The predicted molar refractivity (Wildman–Crippen MR) is 59.2 cm³/mol. The smallest absolute Gasteiger partial charge is 0.0860 e. The van der Waals surface area contributed by atoms with Gasteiger partial charge >= 0.3 is 0 Å². The van der Waals surface area contributed by atoms with Gasteiger partial charge in [-0.05, 0) is 25.7 Å². The second-order valence-electron chi connectivity index (χ2n) is 5.35. The first kappa shape index (κ1) is 11.0. The topological polar surface area (TPSA) is 44.0 Å². The maximum atomic E-state index is 10.8. The van der Waals surface area contributed by atoms with Gasteiger partial charge in [0.25, 0.3) is 0 Å². The molecule has 0 heterocycles. The van der Waals surface area contributed by atoms with Crippen molar-refractivity contribution in [2.45, 2.75) is 69.8 Å². The average Bonchev–Trinajstić information content (AvgIpc) is 2.64. The Morgan fingerprint density at radius 3 is 1.73 bits per heavy atom. The lowest BCUT2D eigenvalue weighted by molar-refractivity contribution is -0.0648. The number of nitriles is 1. The van der Waals surface area contributed by atoms with Gasteiger partial charge in [0.05, 0.1) is 17.1 Å². The number of aliphatic hydroxyl groups is 1. The second-order valence-corrected chi connectivity index (χ2v) is 5.35. The summed E-state index contributed by atoms with van der Waals surface area (Å²) in [5.41, 5.74) is -1.08. The van der Waals surface area contributed by atoms with Crippen molar-refractivity contribution in [2.24, 2.45) is 5.41 Å². The molecule has 0 bridgehead atoms. The molecule has 15 heavy (non-hydrogen) atoms. The molecular weight excluding hydrogens is 186 g/mol. The number of rotatable bonds is 1. The lowest BCUT2D eigenvalue weighted by Crippen LogP contribution is -2.45. The normalized spacial score (nSPS) is 29.3. The molecule has 0 aromatic heterocycles. The van der Waals surface area contributed by atoms with E-state index in [1.807, 2.05) is 0 Å². The average molecular weight is 207 g/mol. The molecule has 0 unspecified atom stereocenters. The highest BCUT2D eigenvalue weighted by Crippen LogP contribution is 2.51. The minimum Gasteiger partial charge on any atom is -0.388 e. The van der Waals surface area contributed by atoms with Crippen molar-refractivity contribution in [3.63, 3.8) is 0 Å². The van der Waals surface area contributed by atoms with E-state index in [1.54, 1.807) is 0 Å². The van der Waals surface area contributed by atoms with E-state index in [2.05, 4.69) is 6.07 Å². The molecule has 0 atom stereocenters. The summed E-state index contributed by atoms with van der Waals surface area (Å²) in [6, 6.07) is 2.47. The molecule has 0 aromatic rings. The molecule has 2 heteroatoms. The Hall–Kier alpha value is -0.550. The van der Waals surface area contributed by atoms with Crippen LogP contribution in [0.25, 0.3) is 0 Å². The first-order valence-electron chi connectivity index (χ1n) is 6.36. The van der Waals surface area contributed by atoms with E-state index in [1.165, 1.54) is 12.8 Å². The molecule has 2 aliphatic carbocycles. The van der Waals surface area contributed by atoms with Crippen LogP contribution >= 0.6 is 0 Å². The van der Waals surface area contributed by atoms with Gasteiger partial charge < -0.3 is 5.11 Å². The molecule has 1 N–H and O–H groups in total. The zero-order valence-electron chi connectivity index (χ0n) is 9.47. The van der Waals surface area contributed by atoms with Gasteiger partial charge in [-0.25, -0.2) is 0 Å². The van der Waals surface area contributed by atoms with E-state index in [0.717, 1.165) is 51.4 Å². The highest BCUT2D eigenvalue weighted by Gasteiger charge is 2.51. The summed E-state index contributed by atoms with van der Waals surface area (Å²) < 4.78 is 0. The van der Waals surface area contributed by atoms with E-state index in [9.17, 15) is 10.4 Å². The highest BCUT2D eigenvalue weighted by atomic mass is 16.3. The largest absolute Gasteiger partial charge is 0.388 e. The molecule has 84 valence electrons. The molecular formula is C13H21NO. The van der Waals surface area contributed by atoms with Gasteiger partial charge in [-0.15, -0.1) is 0 Å². The summed E-state index contributed by atoms with van der Waals surface area (Å²) in [6.45, 7) is 0. The highest BCUT2D eigenvalue weighted by molar-refractivity contribution is 5.13. The minimum absolute atomic E-state index is 0.405. The van der Waals surface area contributed by atoms with Crippen LogP contribution in [0.5, 0.6) is 0 Å². The summed E-state index contributed by atoms with van der Waals surface area (Å²) in [5, 5.41) is 20.2. The summed E-state index contributed by atoms with van der Waals surface area (Å²) in [7, 11) is 0. The molecule has 0 saturated heterocycles. The molecule has 2 saturated carbocycles. The Morgan fingerprint density at radius 1 is 0.800 bits per heavy atom. The van der Waals surface area contributed by atoms with Gasteiger partial charge in [-0.2, -0.15) is 5.26 Å². The lowest BCUT2D eigenvalue weighted by atomic mass is 9.68. The SMILES string of the molecule is N#CC1(C2(O)CCCCCC2)CCCC1. The Bertz CT molecular complexity index is 252. The van der Waals surface area contributed by atoms with Crippen molar-refractivity contribution in [3.05, 3.63) is 0 Å². The van der Waals surface area contributed by atoms with Crippen molar-refractivity contribution >= 4 is 0 Å². The van der Waals surface area contributed by atoms with Crippen molar-refractivity contribution in [3.8, 4) is 6.07 Å². The molecule has 0 radical (unpaired) electrons. The van der Waals surface area contributed by atoms with Crippen LogP contribution in [0, 0.1) is 16.7 Å². The molecule has 0 amide bonds. The third-order valence-corrected chi connectivity index (χ3v) is 4.49. The van der Waals surface area contributed by atoms with Gasteiger partial charge in [0.1, 0.15) is 0 Å². The van der Waals surface area contributed by atoms with Crippen LogP contribution in [-0.2, 0) is 0 Å². The number of hydrogen-bond donors (Lipinski definition) is 1. The van der Waals surface area contributed by atoms with Crippen LogP contribution in [-0.4, -0.2) is 10.7 Å². The second kappa shape index (κ2) is 4.14. The molecule has 2 rings (SSSR count). The van der Waals surface area contributed by atoms with Gasteiger partial charge in [0.2, 0.25) is 0 Å². The predicted octanol–water partition coefficient (Wildman–Crippen LogP) is 3.16. The molecule has 0 spiro atoms. The monoisotopic (exact) mass is 207 g/mol. The standard InChI is InChI=1S/C13H21NO/c14-11-12(7-5-6-8-12)13(15)9-3-1-2-4-10-13/h15H,1-10H2. The summed E-state index contributed by atoms with van der Waals surface area (Å²) in [5.74, 6) is 0. The van der Waals surface area contributed by atoms with Gasteiger partial charge in [-0.1, -0.05) is 38.5 Å². The Balaban J connectivity index is 2.21. The van der Waals surface area contributed by atoms with Gasteiger partial charge in [0, 0.05) is 0 Å². The molecule has 2 aliphatic rings. The lowest BCUT2D eigenvalue weighted by Gasteiger charge is -2.40. The zero-order valence-corrected chi connectivity index (χ0v) is 9.47. The van der Waals surface area contributed by atoms with E-state index in [-0.39, 0.29) is 0 Å². The number of nitrogens with zero attached hydrogens (tertiary/aromatic N) is 1. The third-order valence-electron chi connectivity index (χ3n) is 4.49. The van der Waals surface area contributed by atoms with Crippen molar-refractivity contribution in [1.82, 2.24) is 0 Å². The third kappa shape index (κ3) is 1.78. The molecule has 2 nitrogen and oxygen atoms in total. The maximum Gasteiger partial charge on any atom is 0.0860 e. The van der Waals surface area contributed by atoms with Gasteiger partial charge in [-0.3, -0.25) is 0 Å². The first-order valence-corrected chi connectivity index (χ1v) is 6.36. The molecule has 2 fully saturated rings. The van der Waals surface area contributed by atoms with Crippen LogP contribution in [0.2, 0.25) is 0 Å². The van der Waals surface area contributed by atoms with Crippen molar-refractivity contribution < 1.29 is 5.11 Å². The fourth-order valence-corrected chi connectivity index (χ4v) is 3.45. The quantitative estimate of drug-likeness (QED) is 0.671. The van der Waals surface area contributed by atoms with Crippen LogP contribution in [0.1, 0.15) is 64.2 Å². The van der Waals surface area contributed by atoms with E-state index in [4.69, 9.17) is 0 Å². The van der Waals surface area contributed by atoms with Crippen LogP contribution in [0.4, 0.5) is 0 Å². The molecule has 0 aromatic carbocycles. The summed E-state index contributed by atoms with van der Waals surface area (Å²) in [6.07, 6.45) is 10.4. The fourth-order valence-electron chi connectivity index (χ4n) is 3.45. The minimum atomic E-state index is -0.672. The Morgan fingerprint density at radius 2 is 1.27 bits per heavy atom. The fraction of sp³-hybridized carbons (Fsp3) is 0.923. The van der Waals surface area contributed by atoms with Crippen molar-refractivity contribution in [1.29, 1.82) is 5.26 Å². The van der Waals surface area contributed by atoms with E-state index >= 15 is 0 Å². The van der Waals surface area contributed by atoms with E-state index in [0.29, 0.717) is 0 Å². The zero-order chi connectivity index (χ0) is 10.8. The van der Waals surface area contributed by atoms with Crippen LogP contribution < -0.4 is 0 Å². The van der Waals surface area contributed by atoms with Crippen molar-refractivity contribution in [2.75, 3.05) is 0 Å². The Labute approximate surface area is 92.3 Å². The van der Waals surface area contributed by atoms with Crippen LogP contribution in [0.15, 0.2) is 0 Å². The van der Waals surface area contributed by atoms with Crippen LogP contribution in [0.3, 0.4) is 0 Å². The Kier molecular flexibility index (Phi) is 3.02. The summed E-state index contributed by atoms with van der Waals surface area (Å²) in [4.78, 5) is 0. The number of hydrogen-bond acceptors (Lipinski definition) is 2. The van der Waals surface area contributed by atoms with Gasteiger partial charge in [0.15, 0.2) is 0 Å². The molecule has 0 aliphatic heterocycles.